The third-order valence-electron chi connectivity index (χ3n) is 3.13. The minimum absolute atomic E-state index is 0.601. The largest absolute Gasteiger partial charge is 0.494 e. The summed E-state index contributed by atoms with van der Waals surface area (Å²) in [6.45, 7) is 9.44. The minimum atomic E-state index is 0.601. The van der Waals surface area contributed by atoms with Crippen LogP contribution in [0.4, 0.5) is 0 Å². The molecule has 0 saturated heterocycles. The van der Waals surface area contributed by atoms with E-state index in [0.717, 1.165) is 24.6 Å². The lowest BCUT2D eigenvalue weighted by Crippen LogP contribution is -2.10. The van der Waals surface area contributed by atoms with Crippen molar-refractivity contribution in [2.75, 3.05) is 13.2 Å². The number of thiophene rings is 1. The van der Waals surface area contributed by atoms with Crippen LogP contribution in [0, 0.1) is 6.92 Å². The highest BCUT2D eigenvalue weighted by Gasteiger charge is 2.06. The van der Waals surface area contributed by atoms with Crippen molar-refractivity contribution in [3.63, 3.8) is 0 Å². The van der Waals surface area contributed by atoms with Crippen LogP contribution >= 0.6 is 11.3 Å². The zero-order chi connectivity index (χ0) is 15.1. The van der Waals surface area contributed by atoms with Crippen molar-refractivity contribution in [2.45, 2.75) is 33.9 Å². The molecule has 1 N–H and O–H groups in total. The first-order chi connectivity index (χ1) is 10.2. The monoisotopic (exact) mass is 305 g/mol. The zero-order valence-electron chi connectivity index (χ0n) is 12.9. The number of aryl methyl sites for hydroxylation is 1. The van der Waals surface area contributed by atoms with Crippen LogP contribution in [-0.4, -0.2) is 13.2 Å². The fourth-order valence-electron chi connectivity index (χ4n) is 2.05. The van der Waals surface area contributed by atoms with Gasteiger partial charge in [-0.3, -0.25) is 0 Å². The van der Waals surface area contributed by atoms with Crippen LogP contribution in [-0.2, 0) is 13.2 Å². The normalized spacial score (nSPS) is 10.6. The first kappa shape index (κ1) is 15.9. The second kappa shape index (κ2) is 8.05. The number of rotatable bonds is 8. The molecule has 21 heavy (non-hydrogen) atoms. The Kier molecular flexibility index (Phi) is 6.08. The Balaban J connectivity index is 1.96. The predicted molar refractivity (Wildman–Crippen MR) is 88.4 cm³/mol. The van der Waals surface area contributed by atoms with Crippen molar-refractivity contribution >= 4 is 11.3 Å². The lowest BCUT2D eigenvalue weighted by molar-refractivity contribution is 0.299. The second-order valence-corrected chi connectivity index (χ2v) is 6.11. The lowest BCUT2D eigenvalue weighted by Gasteiger charge is -2.08. The molecular formula is C17H23NO2S. The SMILES string of the molecule is CCNCc1cc(COc2cccc(OCC)c2)c(C)s1. The van der Waals surface area contributed by atoms with Crippen molar-refractivity contribution < 1.29 is 9.47 Å². The number of benzene rings is 1. The van der Waals surface area contributed by atoms with Crippen molar-refractivity contribution in [3.05, 3.63) is 45.6 Å². The van der Waals surface area contributed by atoms with E-state index in [1.165, 1.54) is 15.3 Å². The Morgan fingerprint density at radius 1 is 1.10 bits per heavy atom. The van der Waals surface area contributed by atoms with Crippen LogP contribution < -0.4 is 14.8 Å². The average molecular weight is 305 g/mol. The summed E-state index contributed by atoms with van der Waals surface area (Å²) in [5, 5.41) is 3.35. The molecule has 0 spiro atoms. The van der Waals surface area contributed by atoms with Crippen LogP contribution in [0.5, 0.6) is 11.5 Å². The van der Waals surface area contributed by atoms with Gasteiger partial charge in [0.05, 0.1) is 6.61 Å². The quantitative estimate of drug-likeness (QED) is 0.795. The summed E-state index contributed by atoms with van der Waals surface area (Å²) in [6.07, 6.45) is 0. The third kappa shape index (κ3) is 4.76. The van der Waals surface area contributed by atoms with E-state index in [9.17, 15) is 0 Å². The van der Waals surface area contributed by atoms with Crippen LogP contribution in [0.25, 0.3) is 0 Å². The maximum Gasteiger partial charge on any atom is 0.123 e. The van der Waals surface area contributed by atoms with Crippen molar-refractivity contribution in [2.24, 2.45) is 0 Å². The molecule has 0 saturated carbocycles. The molecule has 0 amide bonds. The molecule has 0 bridgehead atoms. The molecule has 1 aromatic carbocycles. The molecule has 0 fully saturated rings. The first-order valence-electron chi connectivity index (χ1n) is 7.37. The van der Waals surface area contributed by atoms with E-state index >= 15 is 0 Å². The number of hydrogen-bond acceptors (Lipinski definition) is 4. The van der Waals surface area contributed by atoms with E-state index in [-0.39, 0.29) is 0 Å². The maximum atomic E-state index is 5.88. The molecule has 0 atom stereocenters. The van der Waals surface area contributed by atoms with Crippen LogP contribution in [0.3, 0.4) is 0 Å². The Morgan fingerprint density at radius 2 is 1.86 bits per heavy atom. The molecule has 0 aliphatic rings. The maximum absolute atomic E-state index is 5.88. The van der Waals surface area contributed by atoms with Gasteiger partial charge in [-0.2, -0.15) is 0 Å². The van der Waals surface area contributed by atoms with Crippen LogP contribution in [0.1, 0.15) is 29.2 Å². The summed E-state index contributed by atoms with van der Waals surface area (Å²) in [5.41, 5.74) is 1.26. The summed E-state index contributed by atoms with van der Waals surface area (Å²) in [5.74, 6) is 1.70. The van der Waals surface area contributed by atoms with E-state index in [1.807, 2.05) is 42.5 Å². The van der Waals surface area contributed by atoms with Crippen molar-refractivity contribution in [3.8, 4) is 11.5 Å². The molecule has 1 heterocycles. The van der Waals surface area contributed by atoms with Gasteiger partial charge in [-0.05, 0) is 38.6 Å². The molecule has 2 aromatic rings. The molecule has 1 aromatic heterocycles. The predicted octanol–water partition coefficient (Wildman–Crippen LogP) is 4.14. The Morgan fingerprint density at radius 3 is 2.57 bits per heavy atom. The molecule has 4 heteroatoms. The van der Waals surface area contributed by atoms with Gasteiger partial charge >= 0.3 is 0 Å². The second-order valence-electron chi connectivity index (χ2n) is 4.77. The fourth-order valence-corrected chi connectivity index (χ4v) is 3.07. The number of ether oxygens (including phenoxy) is 2. The minimum Gasteiger partial charge on any atom is -0.494 e. The summed E-state index contributed by atoms with van der Waals surface area (Å²) >= 11 is 1.83. The topological polar surface area (TPSA) is 30.5 Å². The Bertz CT molecular complexity index is 566. The highest BCUT2D eigenvalue weighted by Crippen LogP contribution is 2.25. The first-order valence-corrected chi connectivity index (χ1v) is 8.19. The van der Waals surface area contributed by atoms with Gasteiger partial charge in [0.1, 0.15) is 18.1 Å². The van der Waals surface area contributed by atoms with Gasteiger partial charge < -0.3 is 14.8 Å². The van der Waals surface area contributed by atoms with E-state index < -0.39 is 0 Å². The molecule has 3 nitrogen and oxygen atoms in total. The third-order valence-corrected chi connectivity index (χ3v) is 4.22. The molecular weight excluding hydrogens is 282 g/mol. The average Bonchev–Trinajstić information content (AvgIpc) is 2.84. The van der Waals surface area contributed by atoms with Crippen LogP contribution in [0.2, 0.25) is 0 Å². The summed E-state index contributed by atoms with van der Waals surface area (Å²) in [6, 6.07) is 10.0. The number of hydrogen-bond donors (Lipinski definition) is 1. The van der Waals surface area contributed by atoms with Gasteiger partial charge in [-0.15, -0.1) is 11.3 Å². The molecule has 0 aliphatic carbocycles. The van der Waals surface area contributed by atoms with Crippen LogP contribution in [0.15, 0.2) is 30.3 Å². The standard InChI is InChI=1S/C17H23NO2S/c1-4-18-11-17-9-14(13(3)21-17)12-20-16-8-6-7-15(10-16)19-5-2/h6-10,18H,4-5,11-12H2,1-3H3. The van der Waals surface area contributed by atoms with Gasteiger partial charge in [0.15, 0.2) is 0 Å². The van der Waals surface area contributed by atoms with Gasteiger partial charge in [0, 0.05) is 27.9 Å². The Hall–Kier alpha value is -1.52. The smallest absolute Gasteiger partial charge is 0.123 e. The number of nitrogens with one attached hydrogen (secondary N) is 1. The molecule has 0 unspecified atom stereocenters. The highest BCUT2D eigenvalue weighted by atomic mass is 32.1. The van der Waals surface area contributed by atoms with Gasteiger partial charge in [0.2, 0.25) is 0 Å². The van der Waals surface area contributed by atoms with Crippen molar-refractivity contribution in [1.29, 1.82) is 0 Å². The summed E-state index contributed by atoms with van der Waals surface area (Å²) < 4.78 is 11.4. The molecule has 114 valence electrons. The molecule has 2 rings (SSSR count). The highest BCUT2D eigenvalue weighted by molar-refractivity contribution is 7.12. The van der Waals surface area contributed by atoms with E-state index in [4.69, 9.17) is 9.47 Å². The van der Waals surface area contributed by atoms with Gasteiger partial charge in [0.25, 0.3) is 0 Å². The van der Waals surface area contributed by atoms with E-state index in [1.54, 1.807) is 0 Å². The lowest BCUT2D eigenvalue weighted by atomic mass is 10.2. The summed E-state index contributed by atoms with van der Waals surface area (Å²) in [4.78, 5) is 2.68. The zero-order valence-corrected chi connectivity index (χ0v) is 13.8. The summed E-state index contributed by atoms with van der Waals surface area (Å²) in [7, 11) is 0. The molecule has 0 radical (unpaired) electrons. The van der Waals surface area contributed by atoms with Gasteiger partial charge in [-0.1, -0.05) is 13.0 Å². The fraction of sp³-hybridized carbons (Fsp3) is 0.412. The Labute approximate surface area is 130 Å². The van der Waals surface area contributed by atoms with Gasteiger partial charge in [-0.25, -0.2) is 0 Å². The molecule has 0 aliphatic heterocycles. The van der Waals surface area contributed by atoms with E-state index in [0.29, 0.717) is 13.2 Å². The van der Waals surface area contributed by atoms with E-state index in [2.05, 4.69) is 25.2 Å². The van der Waals surface area contributed by atoms with Crippen molar-refractivity contribution in [1.82, 2.24) is 5.32 Å².